The summed E-state index contributed by atoms with van der Waals surface area (Å²) in [6.45, 7) is 6.07. The highest BCUT2D eigenvalue weighted by Gasteiger charge is 2.34. The quantitative estimate of drug-likeness (QED) is 0.494. The molecule has 168 valence electrons. The van der Waals surface area contributed by atoms with Crippen molar-refractivity contribution in [1.82, 2.24) is 4.98 Å². The van der Waals surface area contributed by atoms with Crippen LogP contribution in [0.3, 0.4) is 0 Å². The van der Waals surface area contributed by atoms with Crippen molar-refractivity contribution in [2.45, 2.75) is 57.8 Å². The number of alkyl halides is 4. The second-order valence-corrected chi connectivity index (χ2v) is 8.42. The zero-order valence-corrected chi connectivity index (χ0v) is 18.0. The fraction of sp³-hybridized carbons (Fsp3) is 0.346. The van der Waals surface area contributed by atoms with E-state index in [0.29, 0.717) is 30.1 Å². The number of rotatable bonds is 4. The maximum absolute atomic E-state index is 13.8. The monoisotopic (exact) mass is 442 g/mol. The van der Waals surface area contributed by atoms with E-state index in [1.807, 2.05) is 6.92 Å². The normalized spacial score (nSPS) is 18.8. The van der Waals surface area contributed by atoms with Crippen LogP contribution in [0.5, 0.6) is 0 Å². The van der Waals surface area contributed by atoms with Gasteiger partial charge < -0.3 is 5.32 Å². The summed E-state index contributed by atoms with van der Waals surface area (Å²) in [6, 6.07) is 7.32. The van der Waals surface area contributed by atoms with E-state index in [1.54, 1.807) is 24.3 Å². The Balaban J connectivity index is 1.75. The molecule has 0 saturated heterocycles. The molecule has 1 heterocycles. The molecule has 0 spiro atoms. The number of hydrogen-bond acceptors (Lipinski definition) is 2. The van der Waals surface area contributed by atoms with Gasteiger partial charge in [-0.05, 0) is 79.9 Å². The Labute approximate surface area is 185 Å². The highest BCUT2D eigenvalue weighted by molar-refractivity contribution is 5.70. The molecule has 0 amide bonds. The van der Waals surface area contributed by atoms with Gasteiger partial charge in [-0.15, -0.1) is 0 Å². The maximum Gasteiger partial charge on any atom is 0.417 e. The lowest BCUT2D eigenvalue weighted by Gasteiger charge is -2.23. The fourth-order valence-electron chi connectivity index (χ4n) is 4.47. The number of nitrogens with zero attached hydrogens (tertiary/aromatic N) is 1. The zero-order chi connectivity index (χ0) is 22.9. The topological polar surface area (TPSA) is 24.9 Å². The van der Waals surface area contributed by atoms with E-state index in [0.717, 1.165) is 54.0 Å². The predicted molar refractivity (Wildman–Crippen MR) is 120 cm³/mol. The van der Waals surface area contributed by atoms with Crippen LogP contribution >= 0.6 is 0 Å². The van der Waals surface area contributed by atoms with E-state index in [-0.39, 0.29) is 5.56 Å². The second kappa shape index (κ2) is 8.93. The molecule has 1 unspecified atom stereocenters. The van der Waals surface area contributed by atoms with Crippen molar-refractivity contribution in [3.63, 3.8) is 0 Å². The molecule has 2 aromatic rings. The van der Waals surface area contributed by atoms with Gasteiger partial charge in [-0.1, -0.05) is 36.9 Å². The van der Waals surface area contributed by atoms with Crippen LogP contribution < -0.4 is 5.32 Å². The molecule has 6 heteroatoms. The van der Waals surface area contributed by atoms with Gasteiger partial charge in [0, 0.05) is 11.3 Å². The lowest BCUT2D eigenvalue weighted by molar-refractivity contribution is -0.137. The molecule has 0 radical (unpaired) electrons. The van der Waals surface area contributed by atoms with Crippen molar-refractivity contribution in [2.75, 3.05) is 5.32 Å². The van der Waals surface area contributed by atoms with Crippen LogP contribution in [-0.4, -0.2) is 11.2 Å². The molecule has 1 atom stereocenters. The zero-order valence-electron chi connectivity index (χ0n) is 18.0. The number of fused-ring (bicyclic) bond motifs is 1. The van der Waals surface area contributed by atoms with Crippen LogP contribution in [-0.2, 0) is 19.0 Å². The standard InChI is InChI=1S/C26H26F4N2/c1-16-11-12-19(27)13-14-20(16)17(2)31-25-21-8-4-3-7-18(21)15-24(32-25)22-9-5-6-10-23(22)26(28,29)30/h5-6,9-12,15,19H,2-4,7-8,13-14H2,1H3,(H,31,32). The molecule has 0 aliphatic heterocycles. The minimum absolute atomic E-state index is 0.0649. The first-order valence-electron chi connectivity index (χ1n) is 10.9. The fourth-order valence-corrected chi connectivity index (χ4v) is 4.47. The minimum Gasteiger partial charge on any atom is -0.340 e. The summed E-state index contributed by atoms with van der Waals surface area (Å²) in [5.41, 5.74) is 4.15. The maximum atomic E-state index is 13.8. The van der Waals surface area contributed by atoms with Crippen LogP contribution in [0.4, 0.5) is 23.4 Å². The van der Waals surface area contributed by atoms with Gasteiger partial charge in [0.15, 0.2) is 0 Å². The molecule has 1 N–H and O–H groups in total. The molecule has 2 nitrogen and oxygen atoms in total. The Morgan fingerprint density at radius 1 is 1.12 bits per heavy atom. The van der Waals surface area contributed by atoms with Crippen LogP contribution in [0.1, 0.15) is 49.3 Å². The average Bonchev–Trinajstić information content (AvgIpc) is 2.93. The number of aryl methyl sites for hydroxylation is 1. The van der Waals surface area contributed by atoms with Crippen molar-refractivity contribution >= 4 is 5.82 Å². The predicted octanol–water partition coefficient (Wildman–Crippen LogP) is 7.58. The van der Waals surface area contributed by atoms with E-state index in [4.69, 9.17) is 0 Å². The Hall–Kier alpha value is -2.89. The summed E-state index contributed by atoms with van der Waals surface area (Å²) in [5, 5.41) is 3.28. The molecule has 2 aliphatic carbocycles. The molecule has 0 saturated carbocycles. The number of pyridine rings is 1. The highest BCUT2D eigenvalue weighted by Crippen LogP contribution is 2.39. The number of anilines is 1. The van der Waals surface area contributed by atoms with Crippen molar-refractivity contribution in [1.29, 1.82) is 0 Å². The van der Waals surface area contributed by atoms with Crippen LogP contribution in [0.15, 0.2) is 65.9 Å². The van der Waals surface area contributed by atoms with Gasteiger partial charge in [0.2, 0.25) is 0 Å². The molecule has 4 rings (SSSR count). The first-order chi connectivity index (χ1) is 15.2. The van der Waals surface area contributed by atoms with Gasteiger partial charge in [0.1, 0.15) is 12.0 Å². The Morgan fingerprint density at radius 2 is 1.88 bits per heavy atom. The van der Waals surface area contributed by atoms with E-state index < -0.39 is 17.9 Å². The van der Waals surface area contributed by atoms with Crippen LogP contribution in [0.25, 0.3) is 11.3 Å². The summed E-state index contributed by atoms with van der Waals surface area (Å²) >= 11 is 0. The number of allylic oxidation sites excluding steroid dienone is 4. The SMILES string of the molecule is C=C(Nc1nc(-c2ccccc2C(F)(F)F)cc2c1CCCC2)C1=C(C)C=CC(F)CC1. The van der Waals surface area contributed by atoms with Crippen molar-refractivity contribution in [3.8, 4) is 11.3 Å². The summed E-state index contributed by atoms with van der Waals surface area (Å²) < 4.78 is 54.7. The third-order valence-electron chi connectivity index (χ3n) is 6.18. The van der Waals surface area contributed by atoms with E-state index in [9.17, 15) is 17.6 Å². The number of benzene rings is 1. The first-order valence-corrected chi connectivity index (χ1v) is 10.9. The lowest BCUT2D eigenvalue weighted by atomic mass is 9.90. The van der Waals surface area contributed by atoms with Crippen molar-refractivity contribution in [3.05, 3.63) is 82.6 Å². The molecule has 0 fully saturated rings. The smallest absolute Gasteiger partial charge is 0.340 e. The third-order valence-corrected chi connectivity index (χ3v) is 6.18. The molecular formula is C26H26F4N2. The molecule has 0 bridgehead atoms. The molecule has 1 aromatic carbocycles. The van der Waals surface area contributed by atoms with Crippen molar-refractivity contribution < 1.29 is 17.6 Å². The van der Waals surface area contributed by atoms with Gasteiger partial charge in [-0.2, -0.15) is 13.2 Å². The van der Waals surface area contributed by atoms with Crippen LogP contribution in [0.2, 0.25) is 0 Å². The highest BCUT2D eigenvalue weighted by atomic mass is 19.4. The Morgan fingerprint density at radius 3 is 2.66 bits per heavy atom. The number of hydrogen-bond donors (Lipinski definition) is 1. The lowest BCUT2D eigenvalue weighted by Crippen LogP contribution is -2.13. The number of nitrogens with one attached hydrogen (secondary N) is 1. The summed E-state index contributed by atoms with van der Waals surface area (Å²) in [6.07, 6.45) is 2.35. The third kappa shape index (κ3) is 4.64. The average molecular weight is 443 g/mol. The molecule has 32 heavy (non-hydrogen) atoms. The molecular weight excluding hydrogens is 416 g/mol. The number of halogens is 4. The Bertz CT molecular complexity index is 1100. The Kier molecular flexibility index (Phi) is 6.22. The van der Waals surface area contributed by atoms with E-state index >= 15 is 0 Å². The van der Waals surface area contributed by atoms with Crippen LogP contribution in [0, 0.1) is 0 Å². The van der Waals surface area contributed by atoms with Gasteiger partial charge in [-0.3, -0.25) is 0 Å². The second-order valence-electron chi connectivity index (χ2n) is 8.42. The summed E-state index contributed by atoms with van der Waals surface area (Å²) in [5.74, 6) is 0.546. The summed E-state index contributed by atoms with van der Waals surface area (Å²) in [4.78, 5) is 4.64. The molecule has 2 aliphatic rings. The molecule has 1 aromatic heterocycles. The largest absolute Gasteiger partial charge is 0.417 e. The van der Waals surface area contributed by atoms with Gasteiger partial charge in [0.05, 0.1) is 11.3 Å². The summed E-state index contributed by atoms with van der Waals surface area (Å²) in [7, 11) is 0. The van der Waals surface area contributed by atoms with Gasteiger partial charge >= 0.3 is 6.18 Å². The van der Waals surface area contributed by atoms with Gasteiger partial charge in [-0.25, -0.2) is 9.37 Å². The van der Waals surface area contributed by atoms with E-state index in [1.165, 1.54) is 12.1 Å². The minimum atomic E-state index is -4.47. The van der Waals surface area contributed by atoms with Gasteiger partial charge in [0.25, 0.3) is 0 Å². The van der Waals surface area contributed by atoms with Crippen molar-refractivity contribution in [2.24, 2.45) is 0 Å². The first kappa shape index (κ1) is 22.3. The number of aromatic nitrogens is 1. The van der Waals surface area contributed by atoms with E-state index in [2.05, 4.69) is 16.9 Å².